The molecule has 0 aromatic heterocycles. The van der Waals surface area contributed by atoms with Crippen molar-refractivity contribution in [1.29, 1.82) is 0 Å². The Hall–Kier alpha value is 0.270. The molecule has 0 spiro atoms. The molecule has 2 saturated heterocycles. The van der Waals surface area contributed by atoms with Crippen LogP contribution >= 0.6 is 11.8 Å². The first-order valence-corrected chi connectivity index (χ1v) is 7.41. The highest BCUT2D eigenvalue weighted by Crippen LogP contribution is 2.33. The van der Waals surface area contributed by atoms with Crippen molar-refractivity contribution in [3.63, 3.8) is 0 Å². The Balaban J connectivity index is 1.99. The van der Waals surface area contributed by atoms with Gasteiger partial charge in [0, 0.05) is 25.2 Å². The Morgan fingerprint density at radius 3 is 2.73 bits per heavy atom. The maximum absolute atomic E-state index is 5.99. The molecule has 2 fully saturated rings. The van der Waals surface area contributed by atoms with E-state index in [1.165, 1.54) is 30.9 Å². The van der Waals surface area contributed by atoms with Crippen LogP contribution in [0.15, 0.2) is 0 Å². The summed E-state index contributed by atoms with van der Waals surface area (Å²) in [6.45, 7) is 6.86. The summed E-state index contributed by atoms with van der Waals surface area (Å²) in [5.74, 6) is 4.40. The van der Waals surface area contributed by atoms with Crippen molar-refractivity contribution < 1.29 is 0 Å². The van der Waals surface area contributed by atoms with Crippen molar-refractivity contribution in [1.82, 2.24) is 4.90 Å². The Morgan fingerprint density at radius 2 is 2.27 bits per heavy atom. The molecule has 15 heavy (non-hydrogen) atoms. The molecule has 2 nitrogen and oxygen atoms in total. The van der Waals surface area contributed by atoms with E-state index in [0.29, 0.717) is 6.04 Å². The number of rotatable bonds is 3. The minimum Gasteiger partial charge on any atom is -0.329 e. The molecule has 88 valence electrons. The van der Waals surface area contributed by atoms with Crippen LogP contribution in [0.1, 0.15) is 26.7 Å². The average molecular weight is 228 g/mol. The molecule has 0 saturated carbocycles. The van der Waals surface area contributed by atoms with Gasteiger partial charge in [-0.25, -0.2) is 0 Å². The summed E-state index contributed by atoms with van der Waals surface area (Å²) < 4.78 is 0. The Morgan fingerprint density at radius 1 is 1.47 bits per heavy atom. The molecule has 4 atom stereocenters. The average Bonchev–Trinajstić information content (AvgIpc) is 2.79. The molecule has 0 aromatic rings. The third-order valence-electron chi connectivity index (χ3n) is 4.01. The van der Waals surface area contributed by atoms with Crippen LogP contribution in [0.3, 0.4) is 0 Å². The monoisotopic (exact) mass is 228 g/mol. The second kappa shape index (κ2) is 5.07. The third-order valence-corrected chi connectivity index (χ3v) is 5.20. The van der Waals surface area contributed by atoms with Crippen molar-refractivity contribution in [3.8, 4) is 0 Å². The molecule has 2 N–H and O–H groups in total. The lowest BCUT2D eigenvalue weighted by Gasteiger charge is -2.34. The summed E-state index contributed by atoms with van der Waals surface area (Å²) in [6, 6.07) is 1.40. The summed E-state index contributed by atoms with van der Waals surface area (Å²) in [5, 5.41) is 0. The zero-order valence-corrected chi connectivity index (χ0v) is 10.8. The Labute approximate surface area is 98.0 Å². The highest BCUT2D eigenvalue weighted by atomic mass is 32.2. The topological polar surface area (TPSA) is 29.3 Å². The highest BCUT2D eigenvalue weighted by Gasteiger charge is 2.36. The largest absolute Gasteiger partial charge is 0.329 e. The first-order valence-electron chi connectivity index (χ1n) is 6.26. The van der Waals surface area contributed by atoms with Gasteiger partial charge in [-0.05, 0) is 43.1 Å². The fourth-order valence-corrected chi connectivity index (χ4v) is 4.58. The van der Waals surface area contributed by atoms with Gasteiger partial charge < -0.3 is 5.73 Å². The summed E-state index contributed by atoms with van der Waals surface area (Å²) >= 11 is 2.10. The van der Waals surface area contributed by atoms with E-state index in [-0.39, 0.29) is 0 Å². The molecule has 0 aromatic carbocycles. The first kappa shape index (κ1) is 11.7. The van der Waals surface area contributed by atoms with Crippen molar-refractivity contribution >= 4 is 11.8 Å². The molecule has 2 aliphatic heterocycles. The van der Waals surface area contributed by atoms with Crippen molar-refractivity contribution in [2.24, 2.45) is 17.6 Å². The van der Waals surface area contributed by atoms with Crippen LogP contribution in [0.4, 0.5) is 0 Å². The van der Waals surface area contributed by atoms with Crippen molar-refractivity contribution in [2.45, 2.75) is 38.8 Å². The summed E-state index contributed by atoms with van der Waals surface area (Å²) in [7, 11) is 0. The van der Waals surface area contributed by atoms with Gasteiger partial charge in [-0.2, -0.15) is 11.8 Å². The lowest BCUT2D eigenvalue weighted by Crippen LogP contribution is -2.47. The summed E-state index contributed by atoms with van der Waals surface area (Å²) in [5.41, 5.74) is 5.99. The molecule has 4 unspecified atom stereocenters. The fourth-order valence-electron chi connectivity index (χ4n) is 3.25. The van der Waals surface area contributed by atoms with E-state index in [9.17, 15) is 0 Å². The number of nitrogens with zero attached hydrogens (tertiary/aromatic N) is 1. The standard InChI is InChI=1S/C12H24N2S/c1-9-5-10(2)14(7-9)12(6-13)11-3-4-15-8-11/h9-12H,3-8,13H2,1-2H3. The van der Waals surface area contributed by atoms with Gasteiger partial charge in [0.25, 0.3) is 0 Å². The van der Waals surface area contributed by atoms with E-state index in [4.69, 9.17) is 5.73 Å². The minimum atomic E-state index is 0.653. The van der Waals surface area contributed by atoms with Gasteiger partial charge >= 0.3 is 0 Å². The molecule has 0 aliphatic carbocycles. The van der Waals surface area contributed by atoms with E-state index in [2.05, 4.69) is 30.5 Å². The van der Waals surface area contributed by atoms with Crippen LogP contribution in [0, 0.1) is 11.8 Å². The quantitative estimate of drug-likeness (QED) is 0.798. The molecular weight excluding hydrogens is 204 g/mol. The van der Waals surface area contributed by atoms with Crippen molar-refractivity contribution in [2.75, 3.05) is 24.6 Å². The maximum Gasteiger partial charge on any atom is 0.0257 e. The summed E-state index contributed by atoms with van der Waals surface area (Å²) in [6.07, 6.45) is 2.74. The molecular formula is C12H24N2S. The minimum absolute atomic E-state index is 0.653. The summed E-state index contributed by atoms with van der Waals surface area (Å²) in [4.78, 5) is 2.68. The zero-order valence-electron chi connectivity index (χ0n) is 9.98. The molecule has 2 aliphatic rings. The van der Waals surface area contributed by atoms with Gasteiger partial charge in [-0.1, -0.05) is 6.92 Å². The number of thioether (sulfide) groups is 1. The van der Waals surface area contributed by atoms with E-state index in [0.717, 1.165) is 24.4 Å². The molecule has 2 rings (SSSR count). The second-order valence-corrected chi connectivity index (χ2v) is 6.46. The highest BCUT2D eigenvalue weighted by molar-refractivity contribution is 7.99. The molecule has 0 radical (unpaired) electrons. The Bertz CT molecular complexity index is 204. The van der Waals surface area contributed by atoms with E-state index < -0.39 is 0 Å². The van der Waals surface area contributed by atoms with Crippen LogP contribution in [0.25, 0.3) is 0 Å². The fraction of sp³-hybridized carbons (Fsp3) is 1.00. The second-order valence-electron chi connectivity index (χ2n) is 5.31. The smallest absolute Gasteiger partial charge is 0.0257 e. The predicted octanol–water partition coefficient (Wildman–Crippen LogP) is 1.80. The van der Waals surface area contributed by atoms with Gasteiger partial charge in [-0.3, -0.25) is 4.90 Å². The van der Waals surface area contributed by atoms with Crippen LogP contribution in [0.5, 0.6) is 0 Å². The first-order chi connectivity index (χ1) is 7.22. The lowest BCUT2D eigenvalue weighted by atomic mass is 9.97. The van der Waals surface area contributed by atoms with Gasteiger partial charge in [0.2, 0.25) is 0 Å². The normalized spacial score (nSPS) is 39.8. The molecule has 3 heteroatoms. The molecule has 0 bridgehead atoms. The third kappa shape index (κ3) is 2.51. The SMILES string of the molecule is CC1CC(C)N(C(CN)C2CCSC2)C1. The maximum atomic E-state index is 5.99. The lowest BCUT2D eigenvalue weighted by molar-refractivity contribution is 0.146. The number of likely N-dealkylation sites (tertiary alicyclic amines) is 1. The van der Waals surface area contributed by atoms with Gasteiger partial charge in [-0.15, -0.1) is 0 Å². The molecule has 0 amide bonds. The van der Waals surface area contributed by atoms with Crippen LogP contribution in [0.2, 0.25) is 0 Å². The van der Waals surface area contributed by atoms with Crippen LogP contribution in [-0.4, -0.2) is 41.6 Å². The van der Waals surface area contributed by atoms with E-state index in [1.807, 2.05) is 0 Å². The number of hydrogen-bond acceptors (Lipinski definition) is 3. The molecule has 2 heterocycles. The Kier molecular flexibility index (Phi) is 3.97. The van der Waals surface area contributed by atoms with Gasteiger partial charge in [0.1, 0.15) is 0 Å². The van der Waals surface area contributed by atoms with Gasteiger partial charge in [0.15, 0.2) is 0 Å². The van der Waals surface area contributed by atoms with Crippen LogP contribution < -0.4 is 5.73 Å². The zero-order chi connectivity index (χ0) is 10.8. The van der Waals surface area contributed by atoms with Crippen molar-refractivity contribution in [3.05, 3.63) is 0 Å². The number of nitrogens with two attached hydrogens (primary N) is 1. The van der Waals surface area contributed by atoms with E-state index in [1.54, 1.807) is 0 Å². The predicted molar refractivity (Wildman–Crippen MR) is 68.2 cm³/mol. The van der Waals surface area contributed by atoms with E-state index >= 15 is 0 Å². The van der Waals surface area contributed by atoms with Crippen LogP contribution in [-0.2, 0) is 0 Å². The number of hydrogen-bond donors (Lipinski definition) is 1. The van der Waals surface area contributed by atoms with Gasteiger partial charge in [0.05, 0.1) is 0 Å².